The summed E-state index contributed by atoms with van der Waals surface area (Å²) >= 11 is 1.74. The normalized spacial score (nSPS) is 10.7. The highest BCUT2D eigenvalue weighted by Gasteiger charge is 2.13. The number of H-pyrrole nitrogens is 1. The van der Waals surface area contributed by atoms with Crippen LogP contribution in [0.4, 0.5) is 5.95 Å². The van der Waals surface area contributed by atoms with Crippen molar-refractivity contribution in [1.82, 2.24) is 9.97 Å². The summed E-state index contributed by atoms with van der Waals surface area (Å²) in [5.74, 6) is 1.69. The van der Waals surface area contributed by atoms with Gasteiger partial charge in [-0.15, -0.1) is 11.8 Å². The Bertz CT molecular complexity index is 1400. The Kier molecular flexibility index (Phi) is 7.38. The number of aromatic nitrogens is 2. The van der Waals surface area contributed by atoms with Crippen molar-refractivity contribution in [3.05, 3.63) is 106 Å². The van der Waals surface area contributed by atoms with Crippen molar-refractivity contribution in [2.24, 2.45) is 5.10 Å². The van der Waals surface area contributed by atoms with Gasteiger partial charge in [-0.3, -0.25) is 9.78 Å². The molecular weight excluding hydrogens is 446 g/mol. The topological polar surface area (TPSA) is 103 Å². The number of nitriles is 1. The second-order valence-electron chi connectivity index (χ2n) is 7.16. The second-order valence-corrected chi connectivity index (χ2v) is 8.21. The lowest BCUT2D eigenvalue weighted by atomic mass is 10.1. The van der Waals surface area contributed by atoms with E-state index in [4.69, 9.17) is 4.74 Å². The zero-order chi connectivity index (χ0) is 23.8. The minimum Gasteiger partial charge on any atom is -0.496 e. The van der Waals surface area contributed by atoms with Crippen molar-refractivity contribution < 1.29 is 4.74 Å². The second kappa shape index (κ2) is 11.0. The molecule has 0 amide bonds. The molecular formula is C26H21N5O2S. The summed E-state index contributed by atoms with van der Waals surface area (Å²) in [6.45, 7) is 0. The molecule has 34 heavy (non-hydrogen) atoms. The van der Waals surface area contributed by atoms with Crippen molar-refractivity contribution in [3.63, 3.8) is 0 Å². The number of hydrazone groups is 1. The Labute approximate surface area is 201 Å². The zero-order valence-electron chi connectivity index (χ0n) is 18.4. The molecule has 0 fully saturated rings. The first-order chi connectivity index (χ1) is 16.7. The number of methoxy groups -OCH3 is 1. The molecule has 0 unspecified atom stereocenters. The highest BCUT2D eigenvalue weighted by atomic mass is 32.2. The van der Waals surface area contributed by atoms with Gasteiger partial charge < -0.3 is 4.74 Å². The molecule has 4 rings (SSSR count). The van der Waals surface area contributed by atoms with Crippen LogP contribution >= 0.6 is 11.8 Å². The standard InChI is InChI=1S/C26H21N5O2S/c1-33-23-14-18(12-13-20(23)17-34-21-10-6-3-7-11-21)16-28-31-26-29-24(19-8-4-2-5-9-19)22(15-27)25(32)30-26/h2-14,16H,17H2,1H3,(H2,29,30,31,32). The summed E-state index contributed by atoms with van der Waals surface area (Å²) < 4.78 is 5.56. The number of rotatable bonds is 8. The van der Waals surface area contributed by atoms with Crippen LogP contribution < -0.4 is 15.7 Å². The third kappa shape index (κ3) is 5.52. The third-order valence-corrected chi connectivity index (χ3v) is 5.97. The van der Waals surface area contributed by atoms with E-state index in [9.17, 15) is 10.1 Å². The molecule has 0 aliphatic heterocycles. The van der Waals surface area contributed by atoms with Crippen LogP contribution in [0.25, 0.3) is 11.3 Å². The summed E-state index contributed by atoms with van der Waals surface area (Å²) in [6, 6.07) is 27.0. The monoisotopic (exact) mass is 467 g/mol. The number of nitrogens with zero attached hydrogens (tertiary/aromatic N) is 3. The zero-order valence-corrected chi connectivity index (χ0v) is 19.2. The fourth-order valence-electron chi connectivity index (χ4n) is 3.24. The Morgan fingerprint density at radius 2 is 1.85 bits per heavy atom. The maximum absolute atomic E-state index is 12.4. The van der Waals surface area contributed by atoms with E-state index in [1.807, 2.05) is 60.7 Å². The first-order valence-corrected chi connectivity index (χ1v) is 11.4. The molecule has 1 aromatic heterocycles. The lowest BCUT2D eigenvalue weighted by Crippen LogP contribution is -2.16. The third-order valence-electron chi connectivity index (χ3n) is 4.91. The van der Waals surface area contributed by atoms with Gasteiger partial charge in [0.1, 0.15) is 17.4 Å². The number of ether oxygens (including phenoxy) is 1. The van der Waals surface area contributed by atoms with Crippen molar-refractivity contribution in [1.29, 1.82) is 5.26 Å². The van der Waals surface area contributed by atoms with E-state index in [0.29, 0.717) is 11.3 Å². The molecule has 0 aliphatic carbocycles. The molecule has 0 bridgehead atoms. The number of aromatic amines is 1. The number of hydrogen-bond donors (Lipinski definition) is 2. The number of benzene rings is 3. The lowest BCUT2D eigenvalue weighted by Gasteiger charge is -2.09. The molecule has 0 radical (unpaired) electrons. The summed E-state index contributed by atoms with van der Waals surface area (Å²) in [5, 5.41) is 13.6. The first-order valence-electron chi connectivity index (χ1n) is 10.4. The van der Waals surface area contributed by atoms with Gasteiger partial charge in [0.2, 0.25) is 5.95 Å². The average molecular weight is 468 g/mol. The number of hydrogen-bond acceptors (Lipinski definition) is 7. The number of thioether (sulfide) groups is 1. The Hall–Kier alpha value is -4.35. The van der Waals surface area contributed by atoms with Crippen molar-refractivity contribution in [3.8, 4) is 23.1 Å². The summed E-state index contributed by atoms with van der Waals surface area (Å²) in [5.41, 5.74) is 5.03. The predicted octanol–water partition coefficient (Wildman–Crippen LogP) is 5.06. The van der Waals surface area contributed by atoms with Gasteiger partial charge in [-0.1, -0.05) is 60.7 Å². The Morgan fingerprint density at radius 3 is 2.56 bits per heavy atom. The summed E-state index contributed by atoms with van der Waals surface area (Å²) in [6.07, 6.45) is 1.61. The highest BCUT2D eigenvalue weighted by Crippen LogP contribution is 2.28. The van der Waals surface area contributed by atoms with Crippen LogP contribution in [0.5, 0.6) is 5.75 Å². The van der Waals surface area contributed by atoms with Crippen LogP contribution in [-0.2, 0) is 5.75 Å². The molecule has 0 spiro atoms. The van der Waals surface area contributed by atoms with Crippen LogP contribution in [0, 0.1) is 11.3 Å². The number of nitrogens with one attached hydrogen (secondary N) is 2. The molecule has 8 heteroatoms. The van der Waals surface area contributed by atoms with E-state index in [2.05, 4.69) is 32.6 Å². The van der Waals surface area contributed by atoms with E-state index < -0.39 is 5.56 Å². The molecule has 0 atom stereocenters. The van der Waals surface area contributed by atoms with Crippen molar-refractivity contribution >= 4 is 23.9 Å². The Morgan fingerprint density at radius 1 is 1.12 bits per heavy atom. The van der Waals surface area contributed by atoms with Gasteiger partial charge >= 0.3 is 0 Å². The van der Waals surface area contributed by atoms with E-state index in [1.165, 1.54) is 4.90 Å². The molecule has 3 aromatic carbocycles. The Balaban J connectivity index is 1.49. The van der Waals surface area contributed by atoms with Crippen molar-refractivity contribution in [2.75, 3.05) is 12.5 Å². The van der Waals surface area contributed by atoms with Crippen LogP contribution in [-0.4, -0.2) is 23.3 Å². The largest absolute Gasteiger partial charge is 0.496 e. The van der Waals surface area contributed by atoms with Gasteiger partial charge in [-0.25, -0.2) is 10.4 Å². The van der Waals surface area contributed by atoms with Gasteiger partial charge in [0.05, 0.1) is 19.0 Å². The molecule has 7 nitrogen and oxygen atoms in total. The molecule has 1 heterocycles. The molecule has 2 N–H and O–H groups in total. The van der Waals surface area contributed by atoms with Crippen LogP contribution in [0.15, 0.2) is 93.7 Å². The van der Waals surface area contributed by atoms with Gasteiger partial charge in [-0.05, 0) is 23.8 Å². The van der Waals surface area contributed by atoms with Crippen molar-refractivity contribution in [2.45, 2.75) is 10.6 Å². The van der Waals surface area contributed by atoms with E-state index >= 15 is 0 Å². The fourth-order valence-corrected chi connectivity index (χ4v) is 4.15. The molecule has 0 aliphatic rings. The molecule has 168 valence electrons. The first kappa shape index (κ1) is 22.8. The van der Waals surface area contributed by atoms with Crippen LogP contribution in [0.1, 0.15) is 16.7 Å². The quantitative estimate of drug-likeness (QED) is 0.213. The maximum Gasteiger partial charge on any atom is 0.270 e. The smallest absolute Gasteiger partial charge is 0.270 e. The van der Waals surface area contributed by atoms with E-state index in [-0.39, 0.29) is 11.5 Å². The van der Waals surface area contributed by atoms with Gasteiger partial charge in [0, 0.05) is 21.8 Å². The molecule has 4 aromatic rings. The highest BCUT2D eigenvalue weighted by molar-refractivity contribution is 7.98. The minimum absolute atomic E-state index is 0.0468. The molecule has 0 saturated heterocycles. The lowest BCUT2D eigenvalue weighted by molar-refractivity contribution is 0.411. The number of anilines is 1. The average Bonchev–Trinajstić information content (AvgIpc) is 2.88. The molecule has 0 saturated carbocycles. The predicted molar refractivity (Wildman–Crippen MR) is 135 cm³/mol. The van der Waals surface area contributed by atoms with Gasteiger partial charge in [0.15, 0.2) is 0 Å². The van der Waals surface area contributed by atoms with Crippen LogP contribution in [0.2, 0.25) is 0 Å². The van der Waals surface area contributed by atoms with E-state index in [0.717, 1.165) is 22.6 Å². The van der Waals surface area contributed by atoms with Gasteiger partial charge in [0.25, 0.3) is 5.56 Å². The summed E-state index contributed by atoms with van der Waals surface area (Å²) in [4.78, 5) is 20.5. The maximum atomic E-state index is 12.4. The minimum atomic E-state index is -0.531. The van der Waals surface area contributed by atoms with E-state index in [1.54, 1.807) is 37.2 Å². The SMILES string of the molecule is COc1cc(C=NNc2nc(-c3ccccc3)c(C#N)c(=O)[nH]2)ccc1CSc1ccccc1. The van der Waals surface area contributed by atoms with Crippen LogP contribution in [0.3, 0.4) is 0 Å². The van der Waals surface area contributed by atoms with Gasteiger partial charge in [-0.2, -0.15) is 10.4 Å². The summed E-state index contributed by atoms with van der Waals surface area (Å²) in [7, 11) is 1.64. The fraction of sp³-hybridized carbons (Fsp3) is 0.0769.